The van der Waals surface area contributed by atoms with Gasteiger partial charge in [-0.2, -0.15) is 0 Å². The van der Waals surface area contributed by atoms with Gasteiger partial charge in [0.1, 0.15) is 11.6 Å². The Morgan fingerprint density at radius 3 is 2.43 bits per heavy atom. The number of pyridine rings is 1. The molecular formula is C25H24FNO. The molecule has 1 unspecified atom stereocenters. The van der Waals surface area contributed by atoms with E-state index in [0.717, 1.165) is 42.7 Å². The molecule has 0 aliphatic heterocycles. The molecule has 0 bridgehead atoms. The lowest BCUT2D eigenvalue weighted by Gasteiger charge is -2.28. The maximum Gasteiger partial charge on any atom is 0.219 e. The molecule has 3 heteroatoms. The van der Waals surface area contributed by atoms with Gasteiger partial charge >= 0.3 is 0 Å². The summed E-state index contributed by atoms with van der Waals surface area (Å²) in [5, 5.41) is 0. The van der Waals surface area contributed by atoms with Gasteiger partial charge in [-0.1, -0.05) is 49.2 Å². The number of hydrogen-bond donors (Lipinski definition) is 0. The van der Waals surface area contributed by atoms with Crippen molar-refractivity contribution in [1.29, 1.82) is 0 Å². The highest BCUT2D eigenvalue weighted by Gasteiger charge is 2.27. The van der Waals surface area contributed by atoms with Crippen LogP contribution < -0.4 is 4.74 Å². The van der Waals surface area contributed by atoms with E-state index in [-0.39, 0.29) is 11.2 Å². The zero-order valence-electron chi connectivity index (χ0n) is 16.1. The fourth-order valence-electron chi connectivity index (χ4n) is 3.39. The molecule has 1 heterocycles. The number of halogens is 1. The monoisotopic (exact) mass is 373 g/mol. The van der Waals surface area contributed by atoms with Crippen molar-refractivity contribution < 1.29 is 9.13 Å². The van der Waals surface area contributed by atoms with E-state index >= 15 is 0 Å². The molecule has 0 spiro atoms. The predicted octanol–water partition coefficient (Wildman–Crippen LogP) is 6.32. The lowest BCUT2D eigenvalue weighted by molar-refractivity contribution is 0.454. The Labute approximate surface area is 166 Å². The van der Waals surface area contributed by atoms with Gasteiger partial charge < -0.3 is 4.74 Å². The minimum absolute atomic E-state index is 0.245. The number of aromatic nitrogens is 1. The summed E-state index contributed by atoms with van der Waals surface area (Å²) in [4.78, 5) is 4.60. The molecule has 142 valence electrons. The molecule has 3 rings (SSSR count). The van der Waals surface area contributed by atoms with Crippen LogP contribution in [0.2, 0.25) is 0 Å². The Morgan fingerprint density at radius 1 is 1.00 bits per heavy atom. The summed E-state index contributed by atoms with van der Waals surface area (Å²) in [5.41, 5.74) is 1.58. The third-order valence-electron chi connectivity index (χ3n) is 5.06. The summed E-state index contributed by atoms with van der Waals surface area (Å²) in [6.45, 7) is 2.08. The van der Waals surface area contributed by atoms with Crippen LogP contribution >= 0.6 is 0 Å². The van der Waals surface area contributed by atoms with Gasteiger partial charge in [-0.3, -0.25) is 0 Å². The minimum Gasteiger partial charge on any atom is -0.439 e. The first kappa shape index (κ1) is 19.6. The molecule has 0 aliphatic rings. The van der Waals surface area contributed by atoms with Gasteiger partial charge in [0, 0.05) is 11.8 Å². The Balaban J connectivity index is 1.65. The molecule has 0 radical (unpaired) electrons. The lowest BCUT2D eigenvalue weighted by Crippen LogP contribution is -2.23. The van der Waals surface area contributed by atoms with Crippen molar-refractivity contribution in [2.75, 3.05) is 0 Å². The van der Waals surface area contributed by atoms with E-state index in [1.807, 2.05) is 48.5 Å². The number of hydrogen-bond acceptors (Lipinski definition) is 2. The summed E-state index contributed by atoms with van der Waals surface area (Å²) >= 11 is 0. The van der Waals surface area contributed by atoms with Crippen molar-refractivity contribution in [3.8, 4) is 24.0 Å². The van der Waals surface area contributed by atoms with Crippen molar-refractivity contribution in [3.63, 3.8) is 0 Å². The maximum absolute atomic E-state index is 13.3. The quantitative estimate of drug-likeness (QED) is 0.431. The Morgan fingerprint density at radius 2 is 1.75 bits per heavy atom. The smallest absolute Gasteiger partial charge is 0.219 e. The SMILES string of the molecule is C#CC(CC)(CCCc1cccc(Oc2ccccc2)n1)c1ccc(F)cc1. The van der Waals surface area contributed by atoms with Crippen molar-refractivity contribution in [2.24, 2.45) is 0 Å². The van der Waals surface area contributed by atoms with E-state index in [0.29, 0.717) is 5.88 Å². The molecule has 0 N–H and O–H groups in total. The van der Waals surface area contributed by atoms with Gasteiger partial charge in [0.25, 0.3) is 0 Å². The first-order valence-corrected chi connectivity index (χ1v) is 9.58. The molecule has 2 nitrogen and oxygen atoms in total. The number of nitrogens with zero attached hydrogens (tertiary/aromatic N) is 1. The summed E-state index contributed by atoms with van der Waals surface area (Å²) in [6.07, 6.45) is 9.21. The number of para-hydroxylation sites is 1. The van der Waals surface area contributed by atoms with E-state index < -0.39 is 0 Å². The summed E-state index contributed by atoms with van der Waals surface area (Å²) in [5.74, 6) is 4.07. The third kappa shape index (κ3) is 4.78. The zero-order chi connectivity index (χ0) is 19.8. The van der Waals surface area contributed by atoms with Gasteiger partial charge in [-0.15, -0.1) is 6.42 Å². The first-order valence-electron chi connectivity index (χ1n) is 9.58. The van der Waals surface area contributed by atoms with Crippen LogP contribution in [0.1, 0.15) is 37.4 Å². The van der Waals surface area contributed by atoms with Gasteiger partial charge in [-0.25, -0.2) is 9.37 Å². The van der Waals surface area contributed by atoms with E-state index in [4.69, 9.17) is 11.2 Å². The maximum atomic E-state index is 13.3. The van der Waals surface area contributed by atoms with Crippen LogP contribution in [0.5, 0.6) is 11.6 Å². The van der Waals surface area contributed by atoms with Crippen molar-refractivity contribution in [1.82, 2.24) is 4.98 Å². The highest BCUT2D eigenvalue weighted by Crippen LogP contribution is 2.33. The van der Waals surface area contributed by atoms with Crippen molar-refractivity contribution >= 4 is 0 Å². The average molecular weight is 373 g/mol. The molecule has 3 aromatic rings. The second kappa shape index (κ2) is 9.19. The Bertz CT molecular complexity index is 931. The van der Waals surface area contributed by atoms with E-state index in [1.54, 1.807) is 12.1 Å². The molecule has 0 saturated carbocycles. The van der Waals surface area contributed by atoms with Crippen LogP contribution in [0, 0.1) is 18.2 Å². The number of aryl methyl sites for hydroxylation is 1. The summed E-state index contributed by atoms with van der Waals surface area (Å²) < 4.78 is 19.1. The van der Waals surface area contributed by atoms with Crippen LogP contribution in [0.15, 0.2) is 72.8 Å². The van der Waals surface area contributed by atoms with E-state index in [1.165, 1.54) is 12.1 Å². The highest BCUT2D eigenvalue weighted by molar-refractivity contribution is 5.34. The topological polar surface area (TPSA) is 22.1 Å². The fraction of sp³-hybridized carbons (Fsp3) is 0.240. The van der Waals surface area contributed by atoms with E-state index in [2.05, 4.69) is 17.8 Å². The van der Waals surface area contributed by atoms with Crippen molar-refractivity contribution in [3.05, 3.63) is 89.9 Å². The predicted molar refractivity (Wildman–Crippen MR) is 111 cm³/mol. The van der Waals surface area contributed by atoms with Crippen LogP contribution in [-0.2, 0) is 11.8 Å². The molecule has 28 heavy (non-hydrogen) atoms. The summed E-state index contributed by atoms with van der Waals surface area (Å²) in [6, 6.07) is 22.0. The molecular weight excluding hydrogens is 349 g/mol. The Hall–Kier alpha value is -3.12. The van der Waals surface area contributed by atoms with Crippen LogP contribution in [0.4, 0.5) is 4.39 Å². The summed E-state index contributed by atoms with van der Waals surface area (Å²) in [7, 11) is 0. The normalized spacial score (nSPS) is 12.8. The second-order valence-electron chi connectivity index (χ2n) is 6.82. The molecule has 1 atom stereocenters. The standard InChI is InChI=1S/C25H24FNO/c1-3-25(4-2,20-15-17-21(26)18-16-20)19-9-11-22-10-8-14-24(27-22)28-23-12-6-5-7-13-23/h1,5-8,10,12-18H,4,9,11,19H2,2H3. The zero-order valence-corrected chi connectivity index (χ0v) is 16.1. The number of benzene rings is 2. The molecule has 0 fully saturated rings. The first-order chi connectivity index (χ1) is 13.6. The minimum atomic E-state index is -0.383. The molecule has 2 aromatic carbocycles. The number of terminal acetylenes is 1. The van der Waals surface area contributed by atoms with Crippen LogP contribution in [0.3, 0.4) is 0 Å². The van der Waals surface area contributed by atoms with Gasteiger partial charge in [-0.05, 0) is 61.6 Å². The van der Waals surface area contributed by atoms with Crippen LogP contribution in [-0.4, -0.2) is 4.98 Å². The van der Waals surface area contributed by atoms with Gasteiger partial charge in [0.15, 0.2) is 0 Å². The molecule has 0 saturated heterocycles. The van der Waals surface area contributed by atoms with E-state index in [9.17, 15) is 4.39 Å². The second-order valence-corrected chi connectivity index (χ2v) is 6.82. The van der Waals surface area contributed by atoms with Crippen molar-refractivity contribution in [2.45, 2.75) is 38.0 Å². The molecule has 0 aliphatic carbocycles. The molecule has 1 aromatic heterocycles. The van der Waals surface area contributed by atoms with Crippen LogP contribution in [0.25, 0.3) is 0 Å². The highest BCUT2D eigenvalue weighted by atomic mass is 19.1. The Kier molecular flexibility index (Phi) is 6.45. The fourth-order valence-corrected chi connectivity index (χ4v) is 3.39. The van der Waals surface area contributed by atoms with Gasteiger partial charge in [0.05, 0.1) is 5.41 Å². The average Bonchev–Trinajstić information content (AvgIpc) is 2.73. The van der Waals surface area contributed by atoms with Gasteiger partial charge in [0.2, 0.25) is 5.88 Å². The number of ether oxygens (including phenoxy) is 1. The lowest BCUT2D eigenvalue weighted by atomic mass is 9.75. The third-order valence-corrected chi connectivity index (χ3v) is 5.06. The number of rotatable bonds is 8. The largest absolute Gasteiger partial charge is 0.439 e. The molecule has 0 amide bonds.